The lowest BCUT2D eigenvalue weighted by atomic mass is 10.1. The summed E-state index contributed by atoms with van der Waals surface area (Å²) in [5, 5.41) is 2.59. The van der Waals surface area contributed by atoms with E-state index >= 15 is 0 Å². The second kappa shape index (κ2) is 8.83. The Morgan fingerprint density at radius 1 is 1.07 bits per heavy atom. The monoisotopic (exact) mass is 427 g/mol. The molecule has 30 heavy (non-hydrogen) atoms. The van der Waals surface area contributed by atoms with Crippen molar-refractivity contribution in [3.63, 3.8) is 0 Å². The average Bonchev–Trinajstić information content (AvgIpc) is 2.73. The van der Waals surface area contributed by atoms with E-state index in [1.807, 2.05) is 0 Å². The van der Waals surface area contributed by atoms with Crippen LogP contribution in [0.2, 0.25) is 0 Å². The molecule has 2 aromatic carbocycles. The number of amides is 1. The predicted octanol–water partition coefficient (Wildman–Crippen LogP) is 3.26. The van der Waals surface area contributed by atoms with E-state index in [9.17, 15) is 22.4 Å². The van der Waals surface area contributed by atoms with Crippen molar-refractivity contribution in [2.24, 2.45) is 0 Å². The molecule has 0 saturated heterocycles. The van der Waals surface area contributed by atoms with Crippen LogP contribution in [0, 0.1) is 5.82 Å². The molecule has 0 aliphatic heterocycles. The molecule has 0 unspecified atom stereocenters. The van der Waals surface area contributed by atoms with Crippen LogP contribution < -0.4 is 9.62 Å². The van der Waals surface area contributed by atoms with Crippen LogP contribution in [0.1, 0.15) is 17.3 Å². The van der Waals surface area contributed by atoms with Crippen molar-refractivity contribution in [3.8, 4) is 0 Å². The molecule has 9 heteroatoms. The number of halogens is 1. The van der Waals surface area contributed by atoms with Crippen LogP contribution in [0.15, 0.2) is 78.0 Å². The van der Waals surface area contributed by atoms with Gasteiger partial charge < -0.3 is 5.32 Å². The summed E-state index contributed by atoms with van der Waals surface area (Å²) < 4.78 is 40.4. The maximum absolute atomic E-state index is 13.3. The summed E-state index contributed by atoms with van der Waals surface area (Å²) in [7, 11) is -4.14. The Bertz CT molecular complexity index is 1170. The minimum Gasteiger partial charge on any atom is -0.324 e. The fourth-order valence-corrected chi connectivity index (χ4v) is 4.08. The first-order chi connectivity index (χ1) is 14.3. The number of nitrogens with zero attached hydrogens (tertiary/aromatic N) is 2. The maximum Gasteiger partial charge on any atom is 0.266 e. The second-order valence-corrected chi connectivity index (χ2v) is 8.22. The van der Waals surface area contributed by atoms with Gasteiger partial charge in [0.1, 0.15) is 17.3 Å². The number of anilines is 2. The van der Waals surface area contributed by atoms with Crippen LogP contribution in [-0.4, -0.2) is 31.6 Å². The summed E-state index contributed by atoms with van der Waals surface area (Å²) in [6, 6.07) is 13.9. The molecule has 0 atom stereocenters. The molecule has 1 heterocycles. The summed E-state index contributed by atoms with van der Waals surface area (Å²) in [6.07, 6.45) is 2.59. The Hall–Kier alpha value is -3.59. The molecule has 0 bridgehead atoms. The van der Waals surface area contributed by atoms with E-state index in [0.717, 1.165) is 16.4 Å². The van der Waals surface area contributed by atoms with E-state index in [0.29, 0.717) is 11.3 Å². The zero-order valence-electron chi connectivity index (χ0n) is 15.9. The first-order valence-corrected chi connectivity index (χ1v) is 10.3. The fraction of sp³-hybridized carbons (Fsp3) is 0.0952. The molecule has 1 amide bonds. The number of carbonyl (C=O) groups is 2. The summed E-state index contributed by atoms with van der Waals surface area (Å²) >= 11 is 0. The number of aromatic nitrogens is 1. The van der Waals surface area contributed by atoms with E-state index in [4.69, 9.17) is 0 Å². The number of pyridine rings is 1. The van der Waals surface area contributed by atoms with E-state index in [-0.39, 0.29) is 16.4 Å². The number of hydrogen-bond donors (Lipinski definition) is 1. The van der Waals surface area contributed by atoms with Crippen molar-refractivity contribution in [3.05, 3.63) is 84.4 Å². The summed E-state index contributed by atoms with van der Waals surface area (Å²) in [5.74, 6) is -1.34. The Morgan fingerprint density at radius 3 is 2.43 bits per heavy atom. The first-order valence-electron chi connectivity index (χ1n) is 8.86. The van der Waals surface area contributed by atoms with E-state index in [1.54, 1.807) is 18.2 Å². The van der Waals surface area contributed by atoms with Gasteiger partial charge in [-0.1, -0.05) is 12.1 Å². The first kappa shape index (κ1) is 21.1. The van der Waals surface area contributed by atoms with Gasteiger partial charge in [0.25, 0.3) is 10.0 Å². The standard InChI is InChI=1S/C21H18FN3O4S/c1-15(26)16-4-2-5-18(12-16)24-21(27)14-25(19-9-7-17(22)8-10-19)30(28,29)20-6-3-11-23-13-20/h2-13H,14H2,1H3,(H,24,27). The fourth-order valence-electron chi connectivity index (χ4n) is 2.70. The van der Waals surface area contributed by atoms with E-state index < -0.39 is 28.3 Å². The van der Waals surface area contributed by atoms with Crippen LogP contribution in [0.25, 0.3) is 0 Å². The number of rotatable bonds is 7. The van der Waals surface area contributed by atoms with E-state index in [2.05, 4.69) is 10.3 Å². The van der Waals surface area contributed by atoms with Gasteiger partial charge in [-0.15, -0.1) is 0 Å². The van der Waals surface area contributed by atoms with Crippen molar-refractivity contribution in [2.75, 3.05) is 16.2 Å². The normalized spacial score (nSPS) is 11.0. The van der Waals surface area contributed by atoms with Gasteiger partial charge >= 0.3 is 0 Å². The van der Waals surface area contributed by atoms with Crippen molar-refractivity contribution in [1.82, 2.24) is 4.98 Å². The largest absolute Gasteiger partial charge is 0.324 e. The summed E-state index contributed by atoms with van der Waals surface area (Å²) in [6.45, 7) is 0.838. The highest BCUT2D eigenvalue weighted by molar-refractivity contribution is 7.92. The Labute approximate surface area is 173 Å². The molecule has 0 spiro atoms. The van der Waals surface area contributed by atoms with Crippen molar-refractivity contribution in [1.29, 1.82) is 0 Å². The molecule has 7 nitrogen and oxygen atoms in total. The van der Waals surface area contributed by atoms with Crippen LogP contribution in [0.5, 0.6) is 0 Å². The van der Waals surface area contributed by atoms with Crippen LogP contribution in [0.3, 0.4) is 0 Å². The molecule has 154 valence electrons. The number of sulfonamides is 1. The highest BCUT2D eigenvalue weighted by Gasteiger charge is 2.27. The van der Waals surface area contributed by atoms with Gasteiger partial charge in [0.15, 0.2) is 5.78 Å². The Balaban J connectivity index is 1.91. The predicted molar refractivity (Wildman–Crippen MR) is 110 cm³/mol. The quantitative estimate of drug-likeness (QED) is 0.584. The lowest BCUT2D eigenvalue weighted by Crippen LogP contribution is -2.38. The summed E-state index contributed by atoms with van der Waals surface area (Å²) in [5.41, 5.74) is 0.879. The molecule has 0 radical (unpaired) electrons. The highest BCUT2D eigenvalue weighted by atomic mass is 32.2. The highest BCUT2D eigenvalue weighted by Crippen LogP contribution is 2.23. The van der Waals surface area contributed by atoms with Gasteiger partial charge in [0, 0.05) is 23.6 Å². The minimum absolute atomic E-state index is 0.110. The lowest BCUT2D eigenvalue weighted by Gasteiger charge is -2.24. The molecule has 1 aromatic heterocycles. The number of Topliss-reactive ketones (excluding diaryl/α,β-unsaturated/α-hetero) is 1. The zero-order valence-corrected chi connectivity index (χ0v) is 16.8. The third-order valence-corrected chi connectivity index (χ3v) is 5.93. The lowest BCUT2D eigenvalue weighted by molar-refractivity contribution is -0.114. The molecule has 0 saturated carbocycles. The third-order valence-electron chi connectivity index (χ3n) is 4.18. The summed E-state index contributed by atoms with van der Waals surface area (Å²) in [4.78, 5) is 27.9. The van der Waals surface area contributed by atoms with Crippen LogP contribution in [-0.2, 0) is 14.8 Å². The van der Waals surface area contributed by atoms with Crippen LogP contribution >= 0.6 is 0 Å². The topological polar surface area (TPSA) is 96.4 Å². The SMILES string of the molecule is CC(=O)c1cccc(NC(=O)CN(c2ccc(F)cc2)S(=O)(=O)c2cccnc2)c1. The molecule has 0 aliphatic rings. The minimum atomic E-state index is -4.14. The van der Waals surface area contributed by atoms with E-state index in [1.165, 1.54) is 49.6 Å². The molecular formula is C21H18FN3O4S. The number of benzene rings is 2. The van der Waals surface area contributed by atoms with Crippen molar-refractivity contribution < 1.29 is 22.4 Å². The van der Waals surface area contributed by atoms with Gasteiger partial charge in [-0.3, -0.25) is 18.9 Å². The third kappa shape index (κ3) is 4.87. The number of ketones is 1. The van der Waals surface area contributed by atoms with Crippen molar-refractivity contribution >= 4 is 33.1 Å². The van der Waals surface area contributed by atoms with Crippen molar-refractivity contribution in [2.45, 2.75) is 11.8 Å². The Kier molecular flexibility index (Phi) is 6.22. The van der Waals surface area contributed by atoms with Gasteiger partial charge in [0.2, 0.25) is 5.91 Å². The molecule has 1 N–H and O–H groups in total. The second-order valence-electron chi connectivity index (χ2n) is 6.36. The molecule has 3 aromatic rings. The molecule has 0 fully saturated rings. The Morgan fingerprint density at radius 2 is 1.80 bits per heavy atom. The molecule has 3 rings (SSSR count). The maximum atomic E-state index is 13.3. The smallest absolute Gasteiger partial charge is 0.266 e. The zero-order chi connectivity index (χ0) is 21.7. The van der Waals surface area contributed by atoms with Gasteiger partial charge in [0.05, 0.1) is 5.69 Å². The van der Waals surface area contributed by atoms with Crippen LogP contribution in [0.4, 0.5) is 15.8 Å². The molecular weight excluding hydrogens is 409 g/mol. The average molecular weight is 427 g/mol. The number of carbonyl (C=O) groups excluding carboxylic acids is 2. The van der Waals surface area contributed by atoms with Gasteiger partial charge in [-0.05, 0) is 55.5 Å². The number of nitrogens with one attached hydrogen (secondary N) is 1. The number of hydrogen-bond acceptors (Lipinski definition) is 5. The molecule has 0 aliphatic carbocycles. The van der Waals surface area contributed by atoms with Gasteiger partial charge in [-0.2, -0.15) is 0 Å². The van der Waals surface area contributed by atoms with Gasteiger partial charge in [-0.25, -0.2) is 12.8 Å².